The van der Waals surface area contributed by atoms with Crippen LogP contribution in [0.2, 0.25) is 0 Å². The molecule has 1 aromatic carbocycles. The summed E-state index contributed by atoms with van der Waals surface area (Å²) in [5.74, 6) is 3.12. The van der Waals surface area contributed by atoms with Gasteiger partial charge in [0.05, 0.1) is 6.54 Å². The molecule has 1 N–H and O–H groups in total. The van der Waals surface area contributed by atoms with Gasteiger partial charge in [-0.2, -0.15) is 5.10 Å². The lowest BCUT2D eigenvalue weighted by atomic mass is 10.0. The van der Waals surface area contributed by atoms with E-state index in [0.717, 1.165) is 60.7 Å². The van der Waals surface area contributed by atoms with E-state index in [4.69, 9.17) is 10.1 Å². The lowest BCUT2D eigenvalue weighted by Crippen LogP contribution is -2.07. The fourth-order valence-corrected chi connectivity index (χ4v) is 3.57. The van der Waals surface area contributed by atoms with Crippen molar-refractivity contribution in [2.45, 2.75) is 53.0 Å². The van der Waals surface area contributed by atoms with E-state index in [-0.39, 0.29) is 0 Å². The Morgan fingerprint density at radius 3 is 2.65 bits per heavy atom. The minimum atomic E-state index is 0.544. The number of aryl methyl sites for hydroxylation is 1. The number of hydrogen-bond acceptors (Lipinski definition) is 6. The van der Waals surface area contributed by atoms with Gasteiger partial charge in [0.15, 0.2) is 11.6 Å². The van der Waals surface area contributed by atoms with Gasteiger partial charge in [-0.1, -0.05) is 57.5 Å². The third-order valence-corrected chi connectivity index (χ3v) is 5.11. The summed E-state index contributed by atoms with van der Waals surface area (Å²) < 4.78 is 2.07. The number of tetrazole rings is 1. The van der Waals surface area contributed by atoms with Crippen molar-refractivity contribution in [3.63, 3.8) is 0 Å². The first-order valence-corrected chi connectivity index (χ1v) is 10.8. The number of nitrogens with one attached hydrogen (secondary N) is 1. The topological polar surface area (TPSA) is 98.1 Å². The Balaban J connectivity index is 1.57. The molecule has 0 atom stereocenters. The number of unbranched alkanes of at least 4 members (excludes halogenated alkanes) is 1. The lowest BCUT2D eigenvalue weighted by Gasteiger charge is -2.09. The van der Waals surface area contributed by atoms with Crippen LogP contribution < -0.4 is 0 Å². The zero-order valence-electron chi connectivity index (χ0n) is 18.3. The molecule has 3 aromatic heterocycles. The van der Waals surface area contributed by atoms with Gasteiger partial charge in [-0.05, 0) is 40.0 Å². The van der Waals surface area contributed by atoms with E-state index in [1.54, 1.807) is 6.20 Å². The van der Waals surface area contributed by atoms with E-state index in [1.165, 1.54) is 5.56 Å². The van der Waals surface area contributed by atoms with E-state index in [1.807, 2.05) is 12.1 Å². The van der Waals surface area contributed by atoms with Crippen molar-refractivity contribution >= 4 is 0 Å². The summed E-state index contributed by atoms with van der Waals surface area (Å²) in [6, 6.07) is 12.4. The number of pyridine rings is 1. The number of H-pyrrole nitrogens is 1. The van der Waals surface area contributed by atoms with Crippen molar-refractivity contribution in [2.24, 2.45) is 5.92 Å². The fraction of sp³-hybridized carbons (Fsp3) is 0.391. The number of nitrogens with zero attached hydrogens (tertiary/aromatic N) is 7. The summed E-state index contributed by atoms with van der Waals surface area (Å²) in [5.41, 5.74) is 3.97. The quantitative estimate of drug-likeness (QED) is 0.441. The monoisotopic (exact) mass is 416 g/mol. The smallest absolute Gasteiger partial charge is 0.198 e. The Labute approximate surface area is 182 Å². The Morgan fingerprint density at radius 2 is 1.94 bits per heavy atom. The van der Waals surface area contributed by atoms with Gasteiger partial charge in [0.25, 0.3) is 0 Å². The lowest BCUT2D eigenvalue weighted by molar-refractivity contribution is 0.592. The van der Waals surface area contributed by atoms with Gasteiger partial charge < -0.3 is 0 Å². The second kappa shape index (κ2) is 9.59. The molecular weight excluding hydrogens is 388 g/mol. The van der Waals surface area contributed by atoms with Gasteiger partial charge in [0.2, 0.25) is 0 Å². The first-order valence-electron chi connectivity index (χ1n) is 10.8. The van der Waals surface area contributed by atoms with Crippen LogP contribution in [0.5, 0.6) is 0 Å². The van der Waals surface area contributed by atoms with Crippen LogP contribution >= 0.6 is 0 Å². The number of aromatic nitrogens is 8. The van der Waals surface area contributed by atoms with Gasteiger partial charge in [0.1, 0.15) is 11.5 Å². The zero-order valence-corrected chi connectivity index (χ0v) is 18.3. The van der Waals surface area contributed by atoms with Gasteiger partial charge >= 0.3 is 0 Å². The van der Waals surface area contributed by atoms with E-state index in [2.05, 4.69) is 75.3 Å². The Morgan fingerprint density at radius 1 is 1.10 bits per heavy atom. The number of rotatable bonds is 9. The molecule has 0 unspecified atom stereocenters. The highest BCUT2D eigenvalue weighted by molar-refractivity contribution is 5.77. The minimum Gasteiger partial charge on any atom is -0.252 e. The fourth-order valence-electron chi connectivity index (χ4n) is 3.57. The first-order chi connectivity index (χ1) is 15.1. The molecule has 0 spiro atoms. The predicted molar refractivity (Wildman–Crippen MR) is 119 cm³/mol. The van der Waals surface area contributed by atoms with Crippen LogP contribution in [0.3, 0.4) is 0 Å². The molecule has 0 aliphatic heterocycles. The molecule has 0 amide bonds. The van der Waals surface area contributed by atoms with Crippen LogP contribution in [0.25, 0.3) is 22.6 Å². The third kappa shape index (κ3) is 5.02. The molecule has 3 heterocycles. The maximum atomic E-state index is 4.81. The van der Waals surface area contributed by atoms with E-state index >= 15 is 0 Å². The molecule has 0 bridgehead atoms. The third-order valence-electron chi connectivity index (χ3n) is 5.11. The van der Waals surface area contributed by atoms with Crippen LogP contribution in [0.1, 0.15) is 50.8 Å². The van der Waals surface area contributed by atoms with Crippen molar-refractivity contribution in [3.05, 3.63) is 59.8 Å². The average Bonchev–Trinajstić information content (AvgIpc) is 3.43. The molecule has 0 saturated carbocycles. The largest absolute Gasteiger partial charge is 0.252 e. The van der Waals surface area contributed by atoms with Crippen molar-refractivity contribution in [1.82, 2.24) is 40.4 Å². The number of hydrogen-bond donors (Lipinski definition) is 1. The molecule has 0 radical (unpaired) electrons. The second-order valence-electron chi connectivity index (χ2n) is 8.15. The molecule has 4 rings (SSSR count). The molecule has 0 aliphatic carbocycles. The van der Waals surface area contributed by atoms with Crippen LogP contribution in [0.4, 0.5) is 0 Å². The number of aromatic amines is 1. The average molecular weight is 417 g/mol. The summed E-state index contributed by atoms with van der Waals surface area (Å²) in [7, 11) is 0. The summed E-state index contributed by atoms with van der Waals surface area (Å²) in [6.45, 7) is 7.33. The molecule has 4 aromatic rings. The molecule has 0 saturated heterocycles. The predicted octanol–water partition coefficient (Wildman–Crippen LogP) is 4.11. The molecule has 0 aliphatic rings. The van der Waals surface area contributed by atoms with Crippen LogP contribution in [0, 0.1) is 5.92 Å². The van der Waals surface area contributed by atoms with E-state index in [9.17, 15) is 0 Å². The molecule has 8 nitrogen and oxygen atoms in total. The van der Waals surface area contributed by atoms with Crippen LogP contribution in [-0.2, 0) is 19.4 Å². The van der Waals surface area contributed by atoms with Crippen molar-refractivity contribution in [1.29, 1.82) is 0 Å². The standard InChI is InChI=1S/C23H28N8/c1-4-5-8-21-25-20(14-16(2)3)28-31(21)15-17-9-11-18(12-10-17)19-7-6-13-24-22(19)23-26-29-30-27-23/h6-7,9-13,16H,4-5,8,14-15H2,1-3H3,(H,26,27,29,30). The zero-order chi connectivity index (χ0) is 21.6. The Hall–Kier alpha value is -3.42. The Bertz CT molecular complexity index is 1100. The van der Waals surface area contributed by atoms with Gasteiger partial charge in [-0.3, -0.25) is 4.98 Å². The Kier molecular flexibility index (Phi) is 6.45. The van der Waals surface area contributed by atoms with Crippen molar-refractivity contribution < 1.29 is 0 Å². The summed E-state index contributed by atoms with van der Waals surface area (Å²) in [5, 5.41) is 18.9. The summed E-state index contributed by atoms with van der Waals surface area (Å²) >= 11 is 0. The molecule has 160 valence electrons. The van der Waals surface area contributed by atoms with E-state index in [0.29, 0.717) is 11.7 Å². The molecular formula is C23H28N8. The van der Waals surface area contributed by atoms with Crippen LogP contribution in [-0.4, -0.2) is 40.4 Å². The minimum absolute atomic E-state index is 0.544. The normalized spacial score (nSPS) is 11.4. The number of benzene rings is 1. The SMILES string of the molecule is CCCCc1nc(CC(C)C)nn1Cc1ccc(-c2cccnc2-c2nnn[nH]2)cc1. The second-order valence-corrected chi connectivity index (χ2v) is 8.15. The van der Waals surface area contributed by atoms with Crippen LogP contribution in [0.15, 0.2) is 42.6 Å². The highest BCUT2D eigenvalue weighted by Crippen LogP contribution is 2.28. The maximum Gasteiger partial charge on any atom is 0.198 e. The molecule has 31 heavy (non-hydrogen) atoms. The van der Waals surface area contributed by atoms with Gasteiger partial charge in [-0.25, -0.2) is 14.8 Å². The van der Waals surface area contributed by atoms with Crippen molar-refractivity contribution in [2.75, 3.05) is 0 Å². The maximum absolute atomic E-state index is 4.81. The van der Waals surface area contributed by atoms with Gasteiger partial charge in [-0.15, -0.1) is 5.10 Å². The summed E-state index contributed by atoms with van der Waals surface area (Å²) in [6.07, 6.45) is 5.89. The highest BCUT2D eigenvalue weighted by Gasteiger charge is 2.13. The summed E-state index contributed by atoms with van der Waals surface area (Å²) in [4.78, 5) is 9.27. The van der Waals surface area contributed by atoms with Gasteiger partial charge in [0, 0.05) is 24.6 Å². The first kappa shape index (κ1) is 20.8. The molecule has 8 heteroatoms. The highest BCUT2D eigenvalue weighted by atomic mass is 15.5. The molecule has 0 fully saturated rings. The van der Waals surface area contributed by atoms with Crippen molar-refractivity contribution in [3.8, 4) is 22.6 Å². The van der Waals surface area contributed by atoms with E-state index < -0.39 is 0 Å².